The van der Waals surface area contributed by atoms with Crippen molar-refractivity contribution in [3.05, 3.63) is 66.2 Å². The van der Waals surface area contributed by atoms with Gasteiger partial charge in [-0.1, -0.05) is 49.4 Å². The number of nitrogens with zero attached hydrogens (tertiary/aromatic N) is 1. The van der Waals surface area contributed by atoms with Gasteiger partial charge in [0.25, 0.3) is 0 Å². The molecule has 0 amide bonds. The highest BCUT2D eigenvalue weighted by Gasteiger charge is 2.02. The Hall–Kier alpha value is -1.42. The van der Waals surface area contributed by atoms with Crippen LogP contribution in [0, 0.1) is 0 Å². The topological polar surface area (TPSA) is 3.24 Å². The van der Waals surface area contributed by atoms with Crippen LogP contribution in [0.5, 0.6) is 0 Å². The molecule has 0 heterocycles. The summed E-state index contributed by atoms with van der Waals surface area (Å²) in [6, 6.07) is 22.0. The van der Waals surface area contributed by atoms with Gasteiger partial charge < -0.3 is 4.44 Å². The molecule has 3 rings (SSSR count). The van der Waals surface area contributed by atoms with E-state index in [0.717, 1.165) is 12.1 Å². The molecule has 0 aliphatic carbocycles. The maximum absolute atomic E-state index is 2.64. The number of hydrogen-bond donors (Lipinski definition) is 0. The van der Waals surface area contributed by atoms with Crippen LogP contribution in [0.4, 0.5) is 5.69 Å². The van der Waals surface area contributed by atoms with E-state index in [1.165, 1.54) is 27.5 Å². The fraction of sp³-hybridized carbons (Fsp3) is 0.111. The van der Waals surface area contributed by atoms with Crippen molar-refractivity contribution < 1.29 is 0 Å². The number of anilines is 1. The average molecular weight is 311 g/mol. The van der Waals surface area contributed by atoms with E-state index >= 15 is 0 Å². The largest absolute Gasteiger partial charge is 0.341 e. The molecule has 0 fully saturated rings. The first-order valence-corrected chi connectivity index (χ1v) is 8.13. The Morgan fingerprint density at radius 2 is 1.38 bits per heavy atom. The van der Waals surface area contributed by atoms with Gasteiger partial charge in [-0.3, -0.25) is 0 Å². The molecule has 0 radical (unpaired) electrons. The van der Waals surface area contributed by atoms with Crippen LogP contribution in [0.25, 0.3) is 21.9 Å². The van der Waals surface area contributed by atoms with Crippen LogP contribution in [0.3, 0.4) is 0 Å². The zero-order valence-electron chi connectivity index (χ0n) is 12.1. The van der Waals surface area contributed by atoms with Crippen molar-refractivity contribution in [3.8, 4) is 11.1 Å². The van der Waals surface area contributed by atoms with Crippen LogP contribution in [0.2, 0.25) is 0 Å². The molecule has 0 saturated heterocycles. The zero-order chi connectivity index (χ0) is 14.8. The zero-order valence-corrected chi connectivity index (χ0v) is 14.4. The second-order valence-electron chi connectivity index (χ2n) is 5.20. The van der Waals surface area contributed by atoms with E-state index in [1.54, 1.807) is 0 Å². The van der Waals surface area contributed by atoms with E-state index in [9.17, 15) is 0 Å². The molecular formula is C18H19NP2. The summed E-state index contributed by atoms with van der Waals surface area (Å²) in [5.41, 5.74) is 5.05. The van der Waals surface area contributed by atoms with Crippen molar-refractivity contribution in [2.45, 2.75) is 13.3 Å². The predicted molar refractivity (Wildman–Crippen MR) is 101 cm³/mol. The minimum atomic E-state index is 1.08. The van der Waals surface area contributed by atoms with Crippen LogP contribution in [0.15, 0.2) is 60.7 Å². The molecule has 3 aromatic rings. The lowest BCUT2D eigenvalue weighted by Crippen LogP contribution is -1.89. The molecule has 0 spiro atoms. The third kappa shape index (κ3) is 3.10. The Morgan fingerprint density at radius 3 is 2.05 bits per heavy atom. The van der Waals surface area contributed by atoms with Gasteiger partial charge >= 0.3 is 0 Å². The third-order valence-electron chi connectivity index (χ3n) is 3.81. The fourth-order valence-electron chi connectivity index (χ4n) is 2.52. The van der Waals surface area contributed by atoms with Gasteiger partial charge in [-0.15, -0.1) is 0 Å². The van der Waals surface area contributed by atoms with Crippen LogP contribution >= 0.6 is 18.8 Å². The van der Waals surface area contributed by atoms with Crippen molar-refractivity contribution in [2.75, 3.05) is 4.44 Å². The van der Waals surface area contributed by atoms with E-state index in [1.807, 2.05) is 4.44 Å². The summed E-state index contributed by atoms with van der Waals surface area (Å²) in [5, 5.41) is 2.61. The first kappa shape index (κ1) is 14.5. The predicted octanol–water partition coefficient (Wildman–Crippen LogP) is 5.46. The number of hydrogen-bond acceptors (Lipinski definition) is 1. The van der Waals surface area contributed by atoms with Crippen molar-refractivity contribution in [2.24, 2.45) is 0 Å². The maximum Gasteiger partial charge on any atom is 0.0423 e. The normalized spacial score (nSPS) is 10.8. The highest BCUT2D eigenvalue weighted by Crippen LogP contribution is 2.29. The molecule has 21 heavy (non-hydrogen) atoms. The number of rotatable bonds is 3. The quantitative estimate of drug-likeness (QED) is 0.581. The summed E-state index contributed by atoms with van der Waals surface area (Å²) in [7, 11) is 5.28. The molecule has 1 nitrogen and oxygen atoms in total. The Balaban J connectivity index is 2.00. The van der Waals surface area contributed by atoms with E-state index in [4.69, 9.17) is 0 Å². The van der Waals surface area contributed by atoms with Gasteiger partial charge in [0.15, 0.2) is 0 Å². The lowest BCUT2D eigenvalue weighted by Gasteiger charge is -2.12. The molecule has 0 bridgehead atoms. The SMILES string of the molecule is CCc1ccc2cc(-c3ccc(N(P)P)cc3)ccc2c1. The summed E-state index contributed by atoms with van der Waals surface area (Å²) in [5.74, 6) is 0. The molecule has 3 heteroatoms. The summed E-state index contributed by atoms with van der Waals surface area (Å²) >= 11 is 0. The van der Waals surface area contributed by atoms with E-state index in [2.05, 4.69) is 86.4 Å². The van der Waals surface area contributed by atoms with Gasteiger partial charge in [-0.05, 0) is 70.9 Å². The number of fused-ring (bicyclic) bond motifs is 1. The highest BCUT2D eigenvalue weighted by molar-refractivity contribution is 7.39. The molecule has 0 aliphatic heterocycles. The van der Waals surface area contributed by atoms with Crippen molar-refractivity contribution in [3.63, 3.8) is 0 Å². The molecule has 3 aromatic carbocycles. The highest BCUT2D eigenvalue weighted by atomic mass is 31.1. The maximum atomic E-state index is 2.64. The van der Waals surface area contributed by atoms with Crippen LogP contribution in [-0.2, 0) is 6.42 Å². The molecule has 2 atom stereocenters. The minimum Gasteiger partial charge on any atom is -0.341 e. The summed E-state index contributed by atoms with van der Waals surface area (Å²) in [4.78, 5) is 0. The van der Waals surface area contributed by atoms with Gasteiger partial charge in [0.05, 0.1) is 0 Å². The van der Waals surface area contributed by atoms with Crippen LogP contribution < -0.4 is 4.44 Å². The van der Waals surface area contributed by atoms with E-state index < -0.39 is 0 Å². The lowest BCUT2D eigenvalue weighted by molar-refractivity contribution is 1.15. The molecule has 0 saturated carbocycles. The van der Waals surface area contributed by atoms with Crippen LogP contribution in [0.1, 0.15) is 12.5 Å². The second kappa shape index (κ2) is 6.14. The fourth-order valence-corrected chi connectivity index (χ4v) is 2.86. The molecule has 0 N–H and O–H groups in total. The first-order chi connectivity index (χ1) is 10.2. The number of benzene rings is 3. The summed E-state index contributed by atoms with van der Waals surface area (Å²) in [6.07, 6.45) is 1.08. The van der Waals surface area contributed by atoms with Gasteiger partial charge in [-0.25, -0.2) is 0 Å². The third-order valence-corrected chi connectivity index (χ3v) is 4.41. The van der Waals surface area contributed by atoms with Crippen LogP contribution in [-0.4, -0.2) is 0 Å². The minimum absolute atomic E-state index is 1.08. The molecule has 0 aromatic heterocycles. The van der Waals surface area contributed by atoms with E-state index in [-0.39, 0.29) is 0 Å². The summed E-state index contributed by atoms with van der Waals surface area (Å²) < 4.78 is 1.95. The van der Waals surface area contributed by atoms with Crippen molar-refractivity contribution >= 4 is 35.2 Å². The van der Waals surface area contributed by atoms with Crippen molar-refractivity contribution in [1.82, 2.24) is 0 Å². The van der Waals surface area contributed by atoms with Gasteiger partial charge in [-0.2, -0.15) is 0 Å². The van der Waals surface area contributed by atoms with E-state index in [0.29, 0.717) is 0 Å². The summed E-state index contributed by atoms with van der Waals surface area (Å²) in [6.45, 7) is 2.19. The van der Waals surface area contributed by atoms with Gasteiger partial charge in [0, 0.05) is 5.69 Å². The molecule has 0 aliphatic rings. The van der Waals surface area contributed by atoms with Gasteiger partial charge in [0.1, 0.15) is 0 Å². The Labute approximate surface area is 130 Å². The average Bonchev–Trinajstić information content (AvgIpc) is 2.54. The molecule has 106 valence electrons. The lowest BCUT2D eigenvalue weighted by atomic mass is 9.99. The van der Waals surface area contributed by atoms with Gasteiger partial charge in [0.2, 0.25) is 0 Å². The monoisotopic (exact) mass is 311 g/mol. The molecule has 2 unspecified atom stereocenters. The number of aryl methyl sites for hydroxylation is 1. The Bertz CT molecular complexity index is 764. The van der Waals surface area contributed by atoms with Crippen molar-refractivity contribution in [1.29, 1.82) is 0 Å². The Kier molecular flexibility index (Phi) is 4.24. The smallest absolute Gasteiger partial charge is 0.0423 e. The second-order valence-corrected chi connectivity index (χ2v) is 6.91. The first-order valence-electron chi connectivity index (χ1n) is 7.10. The standard InChI is InChI=1S/C18H19NP2/c1-2-13-3-4-17-12-16(6-5-15(17)11-13)14-7-9-18(10-8-14)19(20)21/h3-12H,2,20-21H2,1H3. The molecular weight excluding hydrogens is 292 g/mol. The Morgan fingerprint density at radius 1 is 0.762 bits per heavy atom.